The van der Waals surface area contributed by atoms with Crippen LogP contribution in [0.25, 0.3) is 0 Å². The van der Waals surface area contributed by atoms with Gasteiger partial charge in [-0.15, -0.1) is 11.8 Å². The maximum Gasteiger partial charge on any atom is 0.243 e. The Morgan fingerprint density at radius 1 is 1.07 bits per heavy atom. The standard InChI is InChI=1S/C22H17FN2O3S/c23-15-6-8-16(9-7-15)25-20(14-4-10-17(26)11-5-14)21(22(25)28)29-13-19(27)18-3-1-2-12-24-18/h1-12,20-21,26H,13H2/t20-,21-/m1/s1. The molecule has 2 atom stereocenters. The highest BCUT2D eigenvalue weighted by Gasteiger charge is 2.49. The molecule has 7 heteroatoms. The van der Waals surface area contributed by atoms with Crippen molar-refractivity contribution in [3.8, 4) is 5.75 Å². The van der Waals surface area contributed by atoms with E-state index in [-0.39, 0.29) is 35.1 Å². The third-order valence-corrected chi connectivity index (χ3v) is 5.98. The molecular weight excluding hydrogens is 391 g/mol. The molecule has 0 aliphatic carbocycles. The van der Waals surface area contributed by atoms with Gasteiger partial charge >= 0.3 is 0 Å². The quantitative estimate of drug-likeness (QED) is 0.493. The first kappa shape index (κ1) is 19.1. The van der Waals surface area contributed by atoms with Gasteiger partial charge in [-0.1, -0.05) is 18.2 Å². The number of ketones is 1. The molecule has 0 bridgehead atoms. The topological polar surface area (TPSA) is 70.5 Å². The van der Waals surface area contributed by atoms with Gasteiger partial charge in [-0.3, -0.25) is 14.6 Å². The molecule has 0 spiro atoms. The highest BCUT2D eigenvalue weighted by atomic mass is 32.2. The van der Waals surface area contributed by atoms with E-state index in [1.165, 1.54) is 23.9 Å². The van der Waals surface area contributed by atoms with Crippen molar-refractivity contribution in [3.05, 3.63) is 90.0 Å². The molecule has 3 aromatic rings. The van der Waals surface area contributed by atoms with Crippen molar-refractivity contribution in [2.45, 2.75) is 11.3 Å². The smallest absolute Gasteiger partial charge is 0.243 e. The fourth-order valence-corrected chi connectivity index (χ4v) is 4.47. The molecule has 1 N–H and O–H groups in total. The normalized spacial score (nSPS) is 18.4. The van der Waals surface area contributed by atoms with Crippen molar-refractivity contribution in [2.75, 3.05) is 10.7 Å². The van der Waals surface area contributed by atoms with E-state index < -0.39 is 5.25 Å². The molecule has 1 aliphatic rings. The highest BCUT2D eigenvalue weighted by molar-refractivity contribution is 8.01. The number of pyridine rings is 1. The molecule has 2 aromatic carbocycles. The first-order valence-corrected chi connectivity index (χ1v) is 10.0. The second kappa shape index (κ2) is 8.05. The second-order valence-corrected chi connectivity index (χ2v) is 7.72. The summed E-state index contributed by atoms with van der Waals surface area (Å²) in [6.45, 7) is 0. The first-order chi connectivity index (χ1) is 14.0. The number of aromatic nitrogens is 1. The Balaban J connectivity index is 1.57. The van der Waals surface area contributed by atoms with Crippen LogP contribution in [0.4, 0.5) is 10.1 Å². The summed E-state index contributed by atoms with van der Waals surface area (Å²) < 4.78 is 13.3. The van der Waals surface area contributed by atoms with Gasteiger partial charge in [0.1, 0.15) is 22.5 Å². The van der Waals surface area contributed by atoms with Crippen molar-refractivity contribution in [2.24, 2.45) is 0 Å². The van der Waals surface area contributed by atoms with Crippen LogP contribution in [0.15, 0.2) is 72.9 Å². The van der Waals surface area contributed by atoms with E-state index in [2.05, 4.69) is 4.98 Å². The number of aromatic hydroxyl groups is 1. The summed E-state index contributed by atoms with van der Waals surface area (Å²) in [6, 6.07) is 17.1. The van der Waals surface area contributed by atoms with Gasteiger partial charge in [-0.05, 0) is 54.1 Å². The second-order valence-electron chi connectivity index (χ2n) is 6.59. The Bertz CT molecular complexity index is 1030. The molecule has 0 saturated carbocycles. The Morgan fingerprint density at radius 3 is 2.45 bits per heavy atom. The molecule has 1 aliphatic heterocycles. The number of carbonyl (C=O) groups is 2. The van der Waals surface area contributed by atoms with Gasteiger partial charge in [0.15, 0.2) is 5.78 Å². The Kier molecular flexibility index (Phi) is 5.31. The third-order valence-electron chi connectivity index (χ3n) is 4.73. The van der Waals surface area contributed by atoms with E-state index in [9.17, 15) is 19.1 Å². The predicted octanol–water partition coefficient (Wildman–Crippen LogP) is 4.00. The van der Waals surface area contributed by atoms with Crippen molar-refractivity contribution >= 4 is 29.1 Å². The van der Waals surface area contributed by atoms with Crippen molar-refractivity contribution in [1.82, 2.24) is 4.98 Å². The molecule has 29 heavy (non-hydrogen) atoms. The molecule has 4 rings (SSSR count). The van der Waals surface area contributed by atoms with Crippen molar-refractivity contribution in [3.63, 3.8) is 0 Å². The number of nitrogens with zero attached hydrogens (tertiary/aromatic N) is 2. The van der Waals surface area contributed by atoms with E-state index in [1.807, 2.05) is 0 Å². The van der Waals surface area contributed by atoms with Gasteiger partial charge in [0.2, 0.25) is 5.91 Å². The predicted molar refractivity (Wildman–Crippen MR) is 110 cm³/mol. The number of rotatable bonds is 6. The lowest BCUT2D eigenvalue weighted by atomic mass is 9.92. The lowest BCUT2D eigenvalue weighted by Crippen LogP contribution is -2.57. The number of phenolic OH excluding ortho intramolecular Hbond substituents is 1. The molecule has 2 heterocycles. The fourth-order valence-electron chi connectivity index (χ4n) is 3.28. The monoisotopic (exact) mass is 408 g/mol. The summed E-state index contributed by atoms with van der Waals surface area (Å²) in [5, 5.41) is 9.12. The number of β-lactam (4-membered cyclic amide) rings is 1. The number of hydrogen-bond donors (Lipinski definition) is 1. The molecule has 5 nitrogen and oxygen atoms in total. The molecule has 1 amide bonds. The van der Waals surface area contributed by atoms with Gasteiger partial charge in [0, 0.05) is 11.9 Å². The van der Waals surface area contributed by atoms with Crippen LogP contribution in [-0.4, -0.2) is 32.8 Å². The summed E-state index contributed by atoms with van der Waals surface area (Å²) in [6.07, 6.45) is 1.56. The Labute approximate surface area is 171 Å². The van der Waals surface area contributed by atoms with Crippen LogP contribution in [0, 0.1) is 5.82 Å². The number of Topliss-reactive ketones (excluding diaryl/α,β-unsaturated/α-hetero) is 1. The zero-order chi connectivity index (χ0) is 20.4. The van der Waals surface area contributed by atoms with Crippen LogP contribution in [0.5, 0.6) is 5.75 Å². The van der Waals surface area contributed by atoms with Gasteiger partial charge in [0.05, 0.1) is 11.8 Å². The van der Waals surface area contributed by atoms with Crippen LogP contribution in [-0.2, 0) is 4.79 Å². The zero-order valence-electron chi connectivity index (χ0n) is 15.2. The lowest BCUT2D eigenvalue weighted by Gasteiger charge is -2.47. The first-order valence-electron chi connectivity index (χ1n) is 8.98. The molecule has 0 radical (unpaired) electrons. The number of carbonyl (C=O) groups excluding carboxylic acids is 2. The average Bonchev–Trinajstić information content (AvgIpc) is 2.74. The van der Waals surface area contributed by atoms with Crippen LogP contribution in [0.3, 0.4) is 0 Å². The largest absolute Gasteiger partial charge is 0.508 e. The molecule has 0 unspecified atom stereocenters. The minimum absolute atomic E-state index is 0.124. The number of thioether (sulfide) groups is 1. The fraction of sp³-hybridized carbons (Fsp3) is 0.136. The van der Waals surface area contributed by atoms with Gasteiger partial charge in [0.25, 0.3) is 0 Å². The van der Waals surface area contributed by atoms with Crippen molar-refractivity contribution < 1.29 is 19.1 Å². The Hall–Kier alpha value is -3.19. The number of phenols is 1. The van der Waals surface area contributed by atoms with Gasteiger partial charge < -0.3 is 10.0 Å². The summed E-state index contributed by atoms with van der Waals surface area (Å²) in [7, 11) is 0. The number of amides is 1. The van der Waals surface area contributed by atoms with E-state index in [1.54, 1.807) is 65.7 Å². The summed E-state index contributed by atoms with van der Waals surface area (Å²) in [5.41, 5.74) is 1.78. The van der Waals surface area contributed by atoms with Crippen LogP contribution in [0.2, 0.25) is 0 Å². The summed E-state index contributed by atoms with van der Waals surface area (Å²) in [4.78, 5) is 30.9. The summed E-state index contributed by atoms with van der Waals surface area (Å²) >= 11 is 1.27. The maximum atomic E-state index is 13.3. The molecule has 1 saturated heterocycles. The minimum Gasteiger partial charge on any atom is -0.508 e. The van der Waals surface area contributed by atoms with E-state index in [0.29, 0.717) is 11.4 Å². The SMILES string of the molecule is O=C(CS[C@H]1C(=O)N(c2ccc(F)cc2)[C@@H]1c1ccc(O)cc1)c1ccccn1. The molecular formula is C22H17FN2O3S. The number of hydrogen-bond acceptors (Lipinski definition) is 5. The molecule has 146 valence electrons. The highest BCUT2D eigenvalue weighted by Crippen LogP contribution is 2.45. The van der Waals surface area contributed by atoms with Gasteiger partial charge in [-0.2, -0.15) is 0 Å². The van der Waals surface area contributed by atoms with Crippen LogP contribution < -0.4 is 4.90 Å². The minimum atomic E-state index is -0.461. The lowest BCUT2D eigenvalue weighted by molar-refractivity contribution is -0.123. The van der Waals surface area contributed by atoms with Crippen LogP contribution in [0.1, 0.15) is 22.1 Å². The molecule has 1 fully saturated rings. The number of anilines is 1. The van der Waals surface area contributed by atoms with Gasteiger partial charge in [-0.25, -0.2) is 4.39 Å². The van der Waals surface area contributed by atoms with E-state index >= 15 is 0 Å². The summed E-state index contributed by atoms with van der Waals surface area (Å²) in [5.74, 6) is -0.419. The third kappa shape index (κ3) is 3.86. The van der Waals surface area contributed by atoms with E-state index in [4.69, 9.17) is 0 Å². The zero-order valence-corrected chi connectivity index (χ0v) is 16.1. The number of benzene rings is 2. The van der Waals surface area contributed by atoms with Crippen LogP contribution >= 0.6 is 11.8 Å². The number of halogens is 1. The van der Waals surface area contributed by atoms with Crippen molar-refractivity contribution in [1.29, 1.82) is 0 Å². The average molecular weight is 408 g/mol. The Morgan fingerprint density at radius 2 is 1.79 bits per heavy atom. The maximum absolute atomic E-state index is 13.3. The van der Waals surface area contributed by atoms with E-state index in [0.717, 1.165) is 5.56 Å². The molecule has 1 aromatic heterocycles.